The zero-order valence-electron chi connectivity index (χ0n) is 7.48. The van der Waals surface area contributed by atoms with E-state index in [4.69, 9.17) is 16.9 Å². The average Bonchev–Trinajstić information content (AvgIpc) is 2.18. The molecule has 0 radical (unpaired) electrons. The van der Waals surface area contributed by atoms with Crippen LogP contribution in [0.2, 0.25) is 0 Å². The van der Waals surface area contributed by atoms with Gasteiger partial charge >= 0.3 is 0 Å². The molecule has 1 heterocycles. The molecule has 2 nitrogen and oxygen atoms in total. The van der Waals surface area contributed by atoms with Crippen LogP contribution in [0, 0.1) is 17.1 Å². The van der Waals surface area contributed by atoms with Gasteiger partial charge in [-0.15, -0.1) is 11.6 Å². The van der Waals surface area contributed by atoms with Gasteiger partial charge < -0.3 is 0 Å². The first-order valence-corrected chi connectivity index (χ1v) is 4.52. The van der Waals surface area contributed by atoms with Gasteiger partial charge in [-0.1, -0.05) is 0 Å². The van der Waals surface area contributed by atoms with E-state index in [0.717, 1.165) is 6.07 Å². The number of alkyl halides is 3. The predicted octanol–water partition coefficient (Wildman–Crippen LogP) is 2.96. The van der Waals surface area contributed by atoms with Crippen molar-refractivity contribution in [3.8, 4) is 6.07 Å². The lowest BCUT2D eigenvalue weighted by atomic mass is 10.1. The molecule has 0 saturated heterocycles. The molecule has 6 heteroatoms. The maximum Gasteiger partial charge on any atom is 0.280 e. The molecule has 0 amide bonds. The first-order valence-electron chi connectivity index (χ1n) is 3.99. The normalized spacial score (nSPS) is 10.4. The lowest BCUT2D eigenvalue weighted by Gasteiger charge is -2.07. The van der Waals surface area contributed by atoms with Gasteiger partial charge in [-0.2, -0.15) is 5.26 Å². The van der Waals surface area contributed by atoms with Crippen LogP contribution in [0.15, 0.2) is 6.07 Å². The molecule has 1 aromatic heterocycles. The van der Waals surface area contributed by atoms with Gasteiger partial charge in [0.1, 0.15) is 11.5 Å². The Hall–Kier alpha value is -1.28. The highest BCUT2D eigenvalue weighted by molar-refractivity contribution is 6.16. The Morgan fingerprint density at radius 2 is 2.20 bits per heavy atom. The Labute approximate surface area is 89.3 Å². The highest BCUT2D eigenvalue weighted by atomic mass is 35.5. The van der Waals surface area contributed by atoms with Crippen molar-refractivity contribution in [3.63, 3.8) is 0 Å². The summed E-state index contributed by atoms with van der Waals surface area (Å²) in [6.45, 7) is 0. The second-order valence-corrected chi connectivity index (χ2v) is 3.00. The number of pyridine rings is 1. The molecular weight excluding hydrogens is 229 g/mol. The van der Waals surface area contributed by atoms with Gasteiger partial charge in [0.25, 0.3) is 6.43 Å². The molecule has 80 valence electrons. The SMILES string of the molecule is N#CCc1cc(F)c(CCl)nc1C(F)F. The molecule has 0 atom stereocenters. The fourth-order valence-electron chi connectivity index (χ4n) is 1.09. The van der Waals surface area contributed by atoms with Crippen LogP contribution in [-0.2, 0) is 12.3 Å². The van der Waals surface area contributed by atoms with Crippen LogP contribution in [0.1, 0.15) is 23.4 Å². The largest absolute Gasteiger partial charge is 0.280 e. The van der Waals surface area contributed by atoms with Gasteiger partial charge in [0, 0.05) is 0 Å². The third kappa shape index (κ3) is 2.60. The number of halogens is 4. The highest BCUT2D eigenvalue weighted by Crippen LogP contribution is 2.23. The zero-order chi connectivity index (χ0) is 11.4. The van der Waals surface area contributed by atoms with E-state index in [2.05, 4.69) is 4.98 Å². The molecule has 0 N–H and O–H groups in total. The molecule has 0 aliphatic rings. The monoisotopic (exact) mass is 234 g/mol. The van der Waals surface area contributed by atoms with Gasteiger partial charge in [-0.05, 0) is 11.6 Å². The molecule has 0 aliphatic carbocycles. The summed E-state index contributed by atoms with van der Waals surface area (Å²) in [5.41, 5.74) is -0.902. The van der Waals surface area contributed by atoms with Gasteiger partial charge in [0.05, 0.1) is 24.1 Å². The van der Waals surface area contributed by atoms with Crippen molar-refractivity contribution >= 4 is 11.6 Å². The minimum absolute atomic E-state index is 0.0983. The average molecular weight is 235 g/mol. The standard InChI is InChI=1S/C9H6ClF3N2/c10-4-7-6(11)3-5(1-2-14)8(15-7)9(12)13/h3,9H,1,4H2. The van der Waals surface area contributed by atoms with E-state index in [-0.39, 0.29) is 23.6 Å². The van der Waals surface area contributed by atoms with Crippen molar-refractivity contribution in [3.05, 3.63) is 28.8 Å². The predicted molar refractivity (Wildman–Crippen MR) is 48.0 cm³/mol. The summed E-state index contributed by atoms with van der Waals surface area (Å²) >= 11 is 5.33. The molecule has 0 fully saturated rings. The van der Waals surface area contributed by atoms with Gasteiger partial charge in [0.2, 0.25) is 0 Å². The van der Waals surface area contributed by atoms with E-state index in [0.29, 0.717) is 0 Å². The van der Waals surface area contributed by atoms with Crippen LogP contribution >= 0.6 is 11.6 Å². The van der Waals surface area contributed by atoms with Crippen LogP contribution in [0.25, 0.3) is 0 Å². The van der Waals surface area contributed by atoms with Crippen molar-refractivity contribution in [2.24, 2.45) is 0 Å². The minimum Gasteiger partial charge on any atom is -0.247 e. The fraction of sp³-hybridized carbons (Fsp3) is 0.333. The molecule has 0 unspecified atom stereocenters. The first-order chi connectivity index (χ1) is 7.10. The number of aromatic nitrogens is 1. The highest BCUT2D eigenvalue weighted by Gasteiger charge is 2.18. The Morgan fingerprint density at radius 1 is 1.53 bits per heavy atom. The molecule has 15 heavy (non-hydrogen) atoms. The lowest BCUT2D eigenvalue weighted by Crippen LogP contribution is -2.04. The van der Waals surface area contributed by atoms with Crippen molar-refractivity contribution in [1.29, 1.82) is 5.26 Å². The Bertz CT molecular complexity index is 401. The molecule has 0 bridgehead atoms. The number of rotatable bonds is 3. The third-order valence-electron chi connectivity index (χ3n) is 1.76. The van der Waals surface area contributed by atoms with E-state index in [1.165, 1.54) is 0 Å². The van der Waals surface area contributed by atoms with Crippen LogP contribution in [0.4, 0.5) is 13.2 Å². The number of hydrogen-bond acceptors (Lipinski definition) is 2. The number of nitriles is 1. The second kappa shape index (κ2) is 4.99. The third-order valence-corrected chi connectivity index (χ3v) is 2.02. The molecule has 0 aliphatic heterocycles. The molecule has 0 saturated carbocycles. The summed E-state index contributed by atoms with van der Waals surface area (Å²) in [5, 5.41) is 8.37. The summed E-state index contributed by atoms with van der Waals surface area (Å²) < 4.78 is 38.0. The van der Waals surface area contributed by atoms with E-state index < -0.39 is 17.9 Å². The van der Waals surface area contributed by atoms with Crippen LogP contribution in [0.5, 0.6) is 0 Å². The lowest BCUT2D eigenvalue weighted by molar-refractivity contribution is 0.144. The summed E-state index contributed by atoms with van der Waals surface area (Å²) in [6, 6.07) is 2.56. The maximum absolute atomic E-state index is 13.1. The van der Waals surface area contributed by atoms with E-state index >= 15 is 0 Å². The van der Waals surface area contributed by atoms with E-state index in [1.807, 2.05) is 0 Å². The Morgan fingerprint density at radius 3 is 2.67 bits per heavy atom. The molecule has 0 aromatic carbocycles. The van der Waals surface area contributed by atoms with Crippen molar-refractivity contribution in [1.82, 2.24) is 4.98 Å². The van der Waals surface area contributed by atoms with Crippen LogP contribution in [-0.4, -0.2) is 4.98 Å². The van der Waals surface area contributed by atoms with Crippen molar-refractivity contribution in [2.45, 2.75) is 18.7 Å². The maximum atomic E-state index is 13.1. The summed E-state index contributed by atoms with van der Waals surface area (Å²) in [6.07, 6.45) is -3.14. The van der Waals surface area contributed by atoms with Gasteiger partial charge in [-0.3, -0.25) is 0 Å². The molecular formula is C9H6ClF3N2. The first kappa shape index (κ1) is 11.8. The summed E-state index contributed by atoms with van der Waals surface area (Å²) in [5.74, 6) is -1.04. The van der Waals surface area contributed by atoms with Gasteiger partial charge in [-0.25, -0.2) is 18.2 Å². The topological polar surface area (TPSA) is 36.7 Å². The molecule has 0 spiro atoms. The zero-order valence-corrected chi connectivity index (χ0v) is 8.23. The van der Waals surface area contributed by atoms with Gasteiger partial charge in [0.15, 0.2) is 0 Å². The minimum atomic E-state index is -2.84. The molecule has 1 rings (SSSR count). The number of nitrogens with zero attached hydrogens (tertiary/aromatic N) is 2. The van der Waals surface area contributed by atoms with Crippen molar-refractivity contribution < 1.29 is 13.2 Å². The summed E-state index contributed by atoms with van der Waals surface area (Å²) in [7, 11) is 0. The van der Waals surface area contributed by atoms with Crippen LogP contribution in [0.3, 0.4) is 0 Å². The Balaban J connectivity index is 3.26. The molecule has 1 aromatic rings. The van der Waals surface area contributed by atoms with Crippen LogP contribution < -0.4 is 0 Å². The summed E-state index contributed by atoms with van der Waals surface area (Å²) in [4.78, 5) is 3.40. The van der Waals surface area contributed by atoms with E-state index in [1.54, 1.807) is 6.07 Å². The number of hydrogen-bond donors (Lipinski definition) is 0. The second-order valence-electron chi connectivity index (χ2n) is 2.73. The Kier molecular flexibility index (Phi) is 3.92. The smallest absolute Gasteiger partial charge is 0.247 e. The fourth-order valence-corrected chi connectivity index (χ4v) is 1.28. The quantitative estimate of drug-likeness (QED) is 0.754. The van der Waals surface area contributed by atoms with E-state index in [9.17, 15) is 13.2 Å². The van der Waals surface area contributed by atoms with Crippen molar-refractivity contribution in [2.75, 3.05) is 0 Å².